The Hall–Kier alpha value is -1.48. The molecule has 1 aromatic heterocycles. The van der Waals surface area contributed by atoms with Crippen LogP contribution in [0.2, 0.25) is 0 Å². The van der Waals surface area contributed by atoms with Crippen molar-refractivity contribution in [2.24, 2.45) is 0 Å². The van der Waals surface area contributed by atoms with Crippen molar-refractivity contribution in [1.82, 2.24) is 10.3 Å². The molecule has 0 saturated carbocycles. The van der Waals surface area contributed by atoms with Crippen LogP contribution in [0.4, 0.5) is 0 Å². The number of hydrogen-bond donors (Lipinski definition) is 3. The van der Waals surface area contributed by atoms with Crippen molar-refractivity contribution < 1.29 is 10.2 Å². The molecule has 0 amide bonds. The van der Waals surface area contributed by atoms with E-state index in [2.05, 4.69) is 10.3 Å². The minimum atomic E-state index is -1.12. The SMILES string of the molecule is CC(O)(CO)CNCc1ccnc(C#N)c1. The van der Waals surface area contributed by atoms with Gasteiger partial charge in [-0.15, -0.1) is 0 Å². The molecule has 1 unspecified atom stereocenters. The Balaban J connectivity index is 2.46. The Kier molecular flexibility index (Phi) is 4.38. The lowest BCUT2D eigenvalue weighted by atomic mass is 10.1. The molecule has 5 nitrogen and oxygen atoms in total. The molecule has 0 bridgehead atoms. The van der Waals surface area contributed by atoms with Gasteiger partial charge in [0, 0.05) is 19.3 Å². The van der Waals surface area contributed by atoms with Gasteiger partial charge in [0.15, 0.2) is 0 Å². The number of nitrogens with one attached hydrogen (secondary N) is 1. The van der Waals surface area contributed by atoms with E-state index in [1.54, 1.807) is 25.3 Å². The van der Waals surface area contributed by atoms with Gasteiger partial charge in [-0.25, -0.2) is 4.98 Å². The molecule has 86 valence electrons. The molecule has 1 atom stereocenters. The Morgan fingerprint density at radius 3 is 3.00 bits per heavy atom. The normalized spacial score (nSPS) is 14.1. The first-order chi connectivity index (χ1) is 7.57. The lowest BCUT2D eigenvalue weighted by molar-refractivity contribution is 0.00254. The summed E-state index contributed by atoms with van der Waals surface area (Å²) < 4.78 is 0. The molecule has 1 heterocycles. The number of aliphatic hydroxyl groups excluding tert-OH is 1. The molecule has 0 aliphatic rings. The van der Waals surface area contributed by atoms with Crippen LogP contribution in [-0.2, 0) is 6.54 Å². The van der Waals surface area contributed by atoms with E-state index in [0.29, 0.717) is 12.2 Å². The van der Waals surface area contributed by atoms with Gasteiger partial charge >= 0.3 is 0 Å². The molecule has 0 radical (unpaired) electrons. The van der Waals surface area contributed by atoms with Crippen molar-refractivity contribution in [3.63, 3.8) is 0 Å². The van der Waals surface area contributed by atoms with Gasteiger partial charge in [0.25, 0.3) is 0 Å². The van der Waals surface area contributed by atoms with E-state index < -0.39 is 5.60 Å². The summed E-state index contributed by atoms with van der Waals surface area (Å²) in [6.07, 6.45) is 1.57. The highest BCUT2D eigenvalue weighted by Gasteiger charge is 2.17. The summed E-state index contributed by atoms with van der Waals surface area (Å²) in [6, 6.07) is 5.43. The predicted molar refractivity (Wildman–Crippen MR) is 58.4 cm³/mol. The lowest BCUT2D eigenvalue weighted by Gasteiger charge is -2.20. The van der Waals surface area contributed by atoms with Crippen LogP contribution in [0.25, 0.3) is 0 Å². The van der Waals surface area contributed by atoms with Gasteiger partial charge in [0.2, 0.25) is 0 Å². The average molecular weight is 221 g/mol. The van der Waals surface area contributed by atoms with E-state index in [-0.39, 0.29) is 13.2 Å². The Bertz CT molecular complexity index is 385. The summed E-state index contributed by atoms with van der Waals surface area (Å²) in [4.78, 5) is 3.85. The topological polar surface area (TPSA) is 89.2 Å². The standard InChI is InChI=1S/C11H15N3O2/c1-11(16,8-15)7-13-6-9-2-3-14-10(4-9)5-12/h2-4,13,15-16H,6-8H2,1H3. The van der Waals surface area contributed by atoms with E-state index >= 15 is 0 Å². The summed E-state index contributed by atoms with van der Waals surface area (Å²) in [5.41, 5.74) is 0.166. The first kappa shape index (κ1) is 12.6. The first-order valence-electron chi connectivity index (χ1n) is 4.96. The number of nitrogens with zero attached hydrogens (tertiary/aromatic N) is 2. The maximum Gasteiger partial charge on any atom is 0.140 e. The minimum absolute atomic E-state index is 0.285. The van der Waals surface area contributed by atoms with Gasteiger partial charge in [-0.05, 0) is 24.6 Å². The monoisotopic (exact) mass is 221 g/mol. The van der Waals surface area contributed by atoms with E-state index in [0.717, 1.165) is 5.56 Å². The summed E-state index contributed by atoms with van der Waals surface area (Å²) in [5, 5.41) is 30.0. The zero-order valence-electron chi connectivity index (χ0n) is 9.14. The molecule has 0 fully saturated rings. The van der Waals surface area contributed by atoms with E-state index in [1.165, 1.54) is 0 Å². The van der Waals surface area contributed by atoms with Crippen molar-refractivity contribution in [1.29, 1.82) is 5.26 Å². The highest BCUT2D eigenvalue weighted by molar-refractivity contribution is 5.25. The average Bonchev–Trinajstić information content (AvgIpc) is 2.29. The molecule has 0 saturated heterocycles. The van der Waals surface area contributed by atoms with Crippen LogP contribution < -0.4 is 5.32 Å². The lowest BCUT2D eigenvalue weighted by Crippen LogP contribution is -2.40. The van der Waals surface area contributed by atoms with Crippen molar-refractivity contribution in [3.8, 4) is 6.07 Å². The number of aliphatic hydroxyl groups is 2. The maximum absolute atomic E-state index is 9.52. The second-order valence-electron chi connectivity index (χ2n) is 3.92. The van der Waals surface area contributed by atoms with E-state index in [4.69, 9.17) is 10.4 Å². The molecule has 5 heteroatoms. The van der Waals surface area contributed by atoms with Crippen molar-refractivity contribution in [2.75, 3.05) is 13.2 Å². The van der Waals surface area contributed by atoms with Gasteiger partial charge in [-0.3, -0.25) is 0 Å². The number of nitriles is 1. The zero-order valence-corrected chi connectivity index (χ0v) is 9.14. The third kappa shape index (κ3) is 3.95. The van der Waals surface area contributed by atoms with Crippen LogP contribution in [0.3, 0.4) is 0 Å². The smallest absolute Gasteiger partial charge is 0.140 e. The molecule has 0 aliphatic carbocycles. The van der Waals surface area contributed by atoms with Gasteiger partial charge < -0.3 is 15.5 Å². The Morgan fingerprint density at radius 1 is 1.62 bits per heavy atom. The van der Waals surface area contributed by atoms with Crippen LogP contribution in [0, 0.1) is 11.3 Å². The van der Waals surface area contributed by atoms with Crippen LogP contribution in [0.1, 0.15) is 18.2 Å². The van der Waals surface area contributed by atoms with Crippen LogP contribution in [-0.4, -0.2) is 33.9 Å². The van der Waals surface area contributed by atoms with E-state index in [9.17, 15) is 5.11 Å². The molecule has 0 aromatic carbocycles. The largest absolute Gasteiger partial charge is 0.393 e. The molecular formula is C11H15N3O2. The summed E-state index contributed by atoms with van der Waals surface area (Å²) >= 11 is 0. The Morgan fingerprint density at radius 2 is 2.38 bits per heavy atom. The number of rotatable bonds is 5. The van der Waals surface area contributed by atoms with E-state index in [1.807, 2.05) is 6.07 Å². The third-order valence-corrected chi connectivity index (χ3v) is 2.11. The number of hydrogen-bond acceptors (Lipinski definition) is 5. The zero-order chi connectivity index (χ0) is 12.0. The second kappa shape index (κ2) is 5.56. The molecular weight excluding hydrogens is 206 g/mol. The third-order valence-electron chi connectivity index (χ3n) is 2.11. The highest BCUT2D eigenvalue weighted by Crippen LogP contribution is 2.02. The molecule has 3 N–H and O–H groups in total. The minimum Gasteiger partial charge on any atom is -0.393 e. The fraction of sp³-hybridized carbons (Fsp3) is 0.455. The Labute approximate surface area is 94.4 Å². The van der Waals surface area contributed by atoms with Gasteiger partial charge in [0.1, 0.15) is 11.8 Å². The first-order valence-corrected chi connectivity index (χ1v) is 4.96. The molecule has 0 aliphatic heterocycles. The van der Waals surface area contributed by atoms with Crippen molar-refractivity contribution >= 4 is 0 Å². The fourth-order valence-corrected chi connectivity index (χ4v) is 1.18. The fourth-order valence-electron chi connectivity index (χ4n) is 1.18. The number of aromatic nitrogens is 1. The van der Waals surface area contributed by atoms with Crippen LogP contribution >= 0.6 is 0 Å². The summed E-state index contributed by atoms with van der Waals surface area (Å²) in [6.45, 7) is 2.06. The predicted octanol–water partition coefficient (Wildman–Crippen LogP) is -0.214. The van der Waals surface area contributed by atoms with Gasteiger partial charge in [-0.2, -0.15) is 5.26 Å². The van der Waals surface area contributed by atoms with Gasteiger partial charge in [-0.1, -0.05) is 0 Å². The molecule has 16 heavy (non-hydrogen) atoms. The van der Waals surface area contributed by atoms with Crippen LogP contribution in [0.15, 0.2) is 18.3 Å². The second-order valence-corrected chi connectivity index (χ2v) is 3.92. The molecule has 1 aromatic rings. The summed E-state index contributed by atoms with van der Waals surface area (Å²) in [5.74, 6) is 0. The van der Waals surface area contributed by atoms with Gasteiger partial charge in [0.05, 0.1) is 12.2 Å². The summed E-state index contributed by atoms with van der Waals surface area (Å²) in [7, 11) is 0. The number of pyridine rings is 1. The highest BCUT2D eigenvalue weighted by atomic mass is 16.3. The molecule has 1 rings (SSSR count). The quantitative estimate of drug-likeness (QED) is 0.640. The molecule has 0 spiro atoms. The van der Waals surface area contributed by atoms with Crippen molar-refractivity contribution in [2.45, 2.75) is 19.1 Å². The van der Waals surface area contributed by atoms with Crippen molar-refractivity contribution in [3.05, 3.63) is 29.6 Å². The van der Waals surface area contributed by atoms with Crippen LogP contribution in [0.5, 0.6) is 0 Å². The maximum atomic E-state index is 9.52.